The monoisotopic (exact) mass is 509 g/mol. The second-order valence-corrected chi connectivity index (χ2v) is 10.0. The standard InChI is InChI=1S/C29H31N7O2/c1-19-14-26(33-28-9-4-21(16-30)17-32-28)24-15-22(6-8-27(24)36(19)20(2)37)23-5-7-25(31-18-23)29(38)35-12-10-34(3)11-13-35/h4-9,15,17-19,26H,10-14H2,1-3H3,(H,32,33)/t19-,26+/m0/s1. The average molecular weight is 510 g/mol. The summed E-state index contributed by atoms with van der Waals surface area (Å²) < 4.78 is 0. The van der Waals surface area contributed by atoms with Crippen LogP contribution in [0.25, 0.3) is 11.1 Å². The predicted octanol–water partition coefficient (Wildman–Crippen LogP) is 3.70. The lowest BCUT2D eigenvalue weighted by Gasteiger charge is -2.39. The van der Waals surface area contributed by atoms with E-state index < -0.39 is 0 Å². The molecule has 0 spiro atoms. The number of carbonyl (C=O) groups is 2. The van der Waals surface area contributed by atoms with Gasteiger partial charge in [0.2, 0.25) is 5.91 Å². The molecule has 9 nitrogen and oxygen atoms in total. The van der Waals surface area contributed by atoms with Gasteiger partial charge in [-0.2, -0.15) is 5.26 Å². The topological polar surface area (TPSA) is 105 Å². The van der Waals surface area contributed by atoms with Crippen LogP contribution in [0.1, 0.15) is 47.9 Å². The van der Waals surface area contributed by atoms with Gasteiger partial charge in [-0.25, -0.2) is 4.98 Å². The van der Waals surface area contributed by atoms with E-state index in [1.54, 1.807) is 37.5 Å². The molecule has 5 rings (SSSR count). The molecule has 1 N–H and O–H groups in total. The van der Waals surface area contributed by atoms with Crippen molar-refractivity contribution in [2.45, 2.75) is 32.4 Å². The Morgan fingerprint density at radius 3 is 2.39 bits per heavy atom. The number of pyridine rings is 2. The first-order valence-electron chi connectivity index (χ1n) is 12.8. The maximum absolute atomic E-state index is 12.9. The maximum Gasteiger partial charge on any atom is 0.272 e. The van der Waals surface area contributed by atoms with Gasteiger partial charge in [0.05, 0.1) is 11.6 Å². The summed E-state index contributed by atoms with van der Waals surface area (Å²) in [5.74, 6) is 0.623. The van der Waals surface area contributed by atoms with Crippen LogP contribution < -0.4 is 10.2 Å². The number of amides is 2. The molecule has 0 radical (unpaired) electrons. The summed E-state index contributed by atoms with van der Waals surface area (Å²) >= 11 is 0. The summed E-state index contributed by atoms with van der Waals surface area (Å²) in [6, 6.07) is 15.3. The lowest BCUT2D eigenvalue weighted by molar-refractivity contribution is -0.117. The molecule has 0 saturated carbocycles. The van der Waals surface area contributed by atoms with Gasteiger partial charge in [0.25, 0.3) is 5.91 Å². The second-order valence-electron chi connectivity index (χ2n) is 10.0. The van der Waals surface area contributed by atoms with Crippen molar-refractivity contribution in [1.29, 1.82) is 5.26 Å². The van der Waals surface area contributed by atoms with Crippen molar-refractivity contribution >= 4 is 23.3 Å². The lowest BCUT2D eigenvalue weighted by atomic mass is 9.89. The first kappa shape index (κ1) is 25.4. The Morgan fingerprint density at radius 1 is 1.00 bits per heavy atom. The summed E-state index contributed by atoms with van der Waals surface area (Å²) in [4.78, 5) is 40.2. The Kier molecular flexibility index (Phi) is 7.07. The van der Waals surface area contributed by atoms with E-state index in [-0.39, 0.29) is 23.9 Å². The number of likely N-dealkylation sites (N-methyl/N-ethyl adjacent to an activating group) is 1. The van der Waals surface area contributed by atoms with E-state index in [0.29, 0.717) is 36.6 Å². The SMILES string of the molecule is CC(=O)N1c2ccc(-c3ccc(C(=O)N4CCN(C)CC4)nc3)cc2[C@H](Nc2ccc(C#N)cn2)C[C@@H]1C. The van der Waals surface area contributed by atoms with Crippen LogP contribution in [-0.2, 0) is 4.79 Å². The third kappa shape index (κ3) is 5.08. The van der Waals surface area contributed by atoms with Crippen molar-refractivity contribution in [3.8, 4) is 17.2 Å². The van der Waals surface area contributed by atoms with E-state index in [4.69, 9.17) is 5.26 Å². The van der Waals surface area contributed by atoms with E-state index in [2.05, 4.69) is 39.4 Å². The van der Waals surface area contributed by atoms with Crippen LogP contribution in [0, 0.1) is 11.3 Å². The molecule has 0 aliphatic carbocycles. The average Bonchev–Trinajstić information content (AvgIpc) is 2.93. The number of carbonyl (C=O) groups excluding carboxylic acids is 2. The lowest BCUT2D eigenvalue weighted by Crippen LogP contribution is -2.47. The van der Waals surface area contributed by atoms with Gasteiger partial charge in [-0.3, -0.25) is 14.6 Å². The molecule has 0 bridgehead atoms. The Balaban J connectivity index is 1.43. The van der Waals surface area contributed by atoms with Crippen molar-refractivity contribution < 1.29 is 9.59 Å². The Morgan fingerprint density at radius 2 is 1.76 bits per heavy atom. The fourth-order valence-corrected chi connectivity index (χ4v) is 5.25. The zero-order chi connectivity index (χ0) is 26.8. The number of hydrogen-bond acceptors (Lipinski definition) is 7. The van der Waals surface area contributed by atoms with Crippen LogP contribution in [0.2, 0.25) is 0 Å². The van der Waals surface area contributed by atoms with Gasteiger partial charge in [0.1, 0.15) is 17.6 Å². The van der Waals surface area contributed by atoms with Gasteiger partial charge < -0.3 is 20.0 Å². The maximum atomic E-state index is 12.9. The molecule has 0 unspecified atom stereocenters. The molecular weight excluding hydrogens is 478 g/mol. The number of nitrogens with zero attached hydrogens (tertiary/aromatic N) is 6. The van der Waals surface area contributed by atoms with E-state index in [1.807, 2.05) is 34.9 Å². The van der Waals surface area contributed by atoms with Crippen molar-refractivity contribution in [2.75, 3.05) is 43.4 Å². The molecule has 2 amide bonds. The van der Waals surface area contributed by atoms with Crippen LogP contribution in [-0.4, -0.2) is 70.9 Å². The fraction of sp³-hybridized carbons (Fsp3) is 0.345. The molecule has 194 valence electrons. The quantitative estimate of drug-likeness (QED) is 0.572. The van der Waals surface area contributed by atoms with Crippen LogP contribution in [0.4, 0.5) is 11.5 Å². The third-order valence-electron chi connectivity index (χ3n) is 7.34. The van der Waals surface area contributed by atoms with Crippen molar-refractivity contribution in [1.82, 2.24) is 19.8 Å². The molecule has 4 heterocycles. The Hall–Kier alpha value is -4.29. The zero-order valence-electron chi connectivity index (χ0n) is 21.9. The number of nitrogens with one attached hydrogen (secondary N) is 1. The highest BCUT2D eigenvalue weighted by Gasteiger charge is 2.33. The summed E-state index contributed by atoms with van der Waals surface area (Å²) in [5, 5.41) is 12.6. The molecule has 9 heteroatoms. The van der Waals surface area contributed by atoms with Gasteiger partial charge in [0.15, 0.2) is 0 Å². The molecule has 1 aromatic carbocycles. The van der Waals surface area contributed by atoms with Crippen LogP contribution in [0.15, 0.2) is 54.9 Å². The van der Waals surface area contributed by atoms with Crippen LogP contribution in [0.3, 0.4) is 0 Å². The number of anilines is 2. The highest BCUT2D eigenvalue weighted by Crippen LogP contribution is 2.41. The highest BCUT2D eigenvalue weighted by atomic mass is 16.2. The minimum Gasteiger partial charge on any atom is -0.363 e. The summed E-state index contributed by atoms with van der Waals surface area (Å²) in [5.41, 5.74) is 4.64. The minimum absolute atomic E-state index is 0.00303. The van der Waals surface area contributed by atoms with Crippen molar-refractivity contribution in [2.24, 2.45) is 0 Å². The van der Waals surface area contributed by atoms with E-state index >= 15 is 0 Å². The van der Waals surface area contributed by atoms with Crippen molar-refractivity contribution in [3.05, 3.63) is 71.7 Å². The van der Waals surface area contributed by atoms with E-state index in [9.17, 15) is 9.59 Å². The van der Waals surface area contributed by atoms with Gasteiger partial charge >= 0.3 is 0 Å². The summed E-state index contributed by atoms with van der Waals surface area (Å²) in [7, 11) is 2.06. The van der Waals surface area contributed by atoms with E-state index in [1.165, 1.54) is 0 Å². The summed E-state index contributed by atoms with van der Waals surface area (Å²) in [6.07, 6.45) is 3.99. The molecule has 1 fully saturated rings. The zero-order valence-corrected chi connectivity index (χ0v) is 21.9. The molecular formula is C29H31N7O2. The number of aromatic nitrogens is 2. The highest BCUT2D eigenvalue weighted by molar-refractivity contribution is 5.95. The number of piperazine rings is 1. The fourth-order valence-electron chi connectivity index (χ4n) is 5.25. The molecule has 1 saturated heterocycles. The minimum atomic E-state index is -0.0815. The largest absolute Gasteiger partial charge is 0.363 e. The summed E-state index contributed by atoms with van der Waals surface area (Å²) in [6.45, 7) is 6.77. The van der Waals surface area contributed by atoms with Gasteiger partial charge in [0, 0.05) is 62.8 Å². The van der Waals surface area contributed by atoms with Gasteiger partial charge in [-0.15, -0.1) is 0 Å². The number of nitriles is 1. The second kappa shape index (κ2) is 10.6. The van der Waals surface area contributed by atoms with Crippen LogP contribution >= 0.6 is 0 Å². The molecule has 2 aliphatic heterocycles. The predicted molar refractivity (Wildman–Crippen MR) is 146 cm³/mol. The first-order chi connectivity index (χ1) is 18.3. The first-order valence-corrected chi connectivity index (χ1v) is 12.8. The Labute approximate surface area is 222 Å². The van der Waals surface area contributed by atoms with Gasteiger partial charge in [-0.05, 0) is 61.9 Å². The Bertz CT molecular complexity index is 1370. The molecule has 2 aliphatic rings. The van der Waals surface area contributed by atoms with Gasteiger partial charge in [-0.1, -0.05) is 12.1 Å². The van der Waals surface area contributed by atoms with Crippen molar-refractivity contribution in [3.63, 3.8) is 0 Å². The molecule has 38 heavy (non-hydrogen) atoms. The number of rotatable bonds is 4. The third-order valence-corrected chi connectivity index (χ3v) is 7.34. The number of hydrogen-bond donors (Lipinski definition) is 1. The van der Waals surface area contributed by atoms with Crippen LogP contribution in [0.5, 0.6) is 0 Å². The normalized spacial score (nSPS) is 19.4. The molecule has 2 aromatic heterocycles. The molecule has 3 aromatic rings. The number of fused-ring (bicyclic) bond motifs is 1. The molecule has 2 atom stereocenters. The smallest absolute Gasteiger partial charge is 0.272 e. The van der Waals surface area contributed by atoms with E-state index in [0.717, 1.165) is 35.5 Å². The number of benzene rings is 1.